The number of thioether (sulfide) groups is 1. The molecule has 0 unspecified atom stereocenters. The van der Waals surface area contributed by atoms with Gasteiger partial charge in [-0.3, -0.25) is 14.5 Å². The van der Waals surface area contributed by atoms with Crippen LogP contribution in [0.4, 0.5) is 5.69 Å². The summed E-state index contributed by atoms with van der Waals surface area (Å²) in [5.74, 6) is 0.610. The maximum atomic E-state index is 12.7. The number of thiocarbonyl (C=S) groups is 1. The largest absolute Gasteiger partial charge is 0.490 e. The monoisotopic (exact) mass is 484 g/mol. The Morgan fingerprint density at radius 2 is 1.94 bits per heavy atom. The third-order valence-corrected chi connectivity index (χ3v) is 6.47. The number of nitrogens with one attached hydrogen (secondary N) is 1. The Hall–Kier alpha value is -2.84. The average Bonchev–Trinajstić information content (AvgIpc) is 3.04. The van der Waals surface area contributed by atoms with Crippen LogP contribution in [0.15, 0.2) is 41.3 Å². The molecule has 1 aliphatic rings. The summed E-state index contributed by atoms with van der Waals surface area (Å²) in [6.07, 6.45) is 1.79. The third kappa shape index (κ3) is 5.94. The highest BCUT2D eigenvalue weighted by Crippen LogP contribution is 2.35. The quantitative estimate of drug-likeness (QED) is 0.404. The average molecular weight is 485 g/mol. The van der Waals surface area contributed by atoms with Crippen molar-refractivity contribution in [2.24, 2.45) is 0 Å². The first kappa shape index (κ1) is 24.8. The van der Waals surface area contributed by atoms with E-state index in [0.29, 0.717) is 27.3 Å². The minimum Gasteiger partial charge on any atom is -0.490 e. The normalized spacial score (nSPS) is 14.8. The number of rotatable bonds is 8. The van der Waals surface area contributed by atoms with E-state index < -0.39 is 0 Å². The van der Waals surface area contributed by atoms with Gasteiger partial charge in [0.05, 0.1) is 11.5 Å². The summed E-state index contributed by atoms with van der Waals surface area (Å²) in [5, 5.41) is 2.88. The Labute approximate surface area is 204 Å². The SMILES string of the molecule is CCOc1cc(/C=C2\SC(=S)N(C(C)C)C2=O)ccc1OCC(=O)Nc1cccc(C)c1C. The predicted octanol–water partition coefficient (Wildman–Crippen LogP) is 5.33. The Balaban J connectivity index is 1.72. The molecule has 2 aromatic rings. The molecule has 0 atom stereocenters. The molecule has 0 saturated carbocycles. The Bertz CT molecular complexity index is 1110. The van der Waals surface area contributed by atoms with Crippen LogP contribution in [-0.4, -0.2) is 40.3 Å². The molecule has 1 heterocycles. The fraction of sp³-hybridized carbons (Fsp3) is 0.320. The van der Waals surface area contributed by atoms with Crippen LogP contribution in [-0.2, 0) is 9.59 Å². The van der Waals surface area contributed by atoms with Crippen LogP contribution >= 0.6 is 24.0 Å². The van der Waals surface area contributed by atoms with Gasteiger partial charge in [0.1, 0.15) is 4.32 Å². The zero-order valence-electron chi connectivity index (χ0n) is 19.4. The van der Waals surface area contributed by atoms with Gasteiger partial charge in [-0.1, -0.05) is 42.2 Å². The van der Waals surface area contributed by atoms with Crippen molar-refractivity contribution in [2.45, 2.75) is 40.7 Å². The van der Waals surface area contributed by atoms with E-state index in [1.54, 1.807) is 23.1 Å². The molecule has 1 N–H and O–H groups in total. The number of benzene rings is 2. The Kier molecular flexibility index (Phi) is 8.15. The Morgan fingerprint density at radius 3 is 2.61 bits per heavy atom. The second kappa shape index (κ2) is 10.9. The maximum Gasteiger partial charge on any atom is 0.266 e. The minimum absolute atomic E-state index is 0.00731. The molecule has 1 fully saturated rings. The first-order chi connectivity index (χ1) is 15.7. The predicted molar refractivity (Wildman–Crippen MR) is 138 cm³/mol. The van der Waals surface area contributed by atoms with Gasteiger partial charge in [0.25, 0.3) is 11.8 Å². The highest BCUT2D eigenvalue weighted by Gasteiger charge is 2.33. The summed E-state index contributed by atoms with van der Waals surface area (Å²) in [7, 11) is 0. The van der Waals surface area contributed by atoms with Crippen LogP contribution < -0.4 is 14.8 Å². The van der Waals surface area contributed by atoms with Crippen LogP contribution in [0.25, 0.3) is 6.08 Å². The van der Waals surface area contributed by atoms with E-state index in [1.165, 1.54) is 11.8 Å². The molecule has 174 valence electrons. The van der Waals surface area contributed by atoms with Gasteiger partial charge < -0.3 is 14.8 Å². The fourth-order valence-electron chi connectivity index (χ4n) is 3.29. The number of ether oxygens (including phenoxy) is 2. The van der Waals surface area contributed by atoms with E-state index in [1.807, 2.05) is 58.9 Å². The molecule has 1 aliphatic heterocycles. The molecule has 6 nitrogen and oxygen atoms in total. The zero-order valence-corrected chi connectivity index (χ0v) is 21.1. The number of amides is 2. The van der Waals surface area contributed by atoms with Crippen molar-refractivity contribution < 1.29 is 19.1 Å². The van der Waals surface area contributed by atoms with Gasteiger partial charge in [0.2, 0.25) is 0 Å². The van der Waals surface area contributed by atoms with Crippen LogP contribution in [0.3, 0.4) is 0 Å². The molecule has 0 aromatic heterocycles. The second-order valence-corrected chi connectivity index (χ2v) is 9.54. The van der Waals surface area contributed by atoms with Crippen LogP contribution in [0.1, 0.15) is 37.5 Å². The summed E-state index contributed by atoms with van der Waals surface area (Å²) >= 11 is 6.63. The van der Waals surface area contributed by atoms with E-state index in [2.05, 4.69) is 5.32 Å². The number of aryl methyl sites for hydroxylation is 1. The van der Waals surface area contributed by atoms with E-state index in [4.69, 9.17) is 21.7 Å². The number of carbonyl (C=O) groups is 2. The van der Waals surface area contributed by atoms with Gasteiger partial charge in [-0.2, -0.15) is 0 Å². The van der Waals surface area contributed by atoms with E-state index >= 15 is 0 Å². The molecule has 0 bridgehead atoms. The molecule has 3 rings (SSSR count). The number of anilines is 1. The summed E-state index contributed by atoms with van der Waals surface area (Å²) in [5.41, 5.74) is 3.68. The topological polar surface area (TPSA) is 67.9 Å². The van der Waals surface area contributed by atoms with Crippen molar-refractivity contribution in [3.63, 3.8) is 0 Å². The molecule has 0 spiro atoms. The van der Waals surface area contributed by atoms with Gasteiger partial charge in [-0.05, 0) is 75.6 Å². The van der Waals surface area contributed by atoms with Gasteiger partial charge in [0.15, 0.2) is 18.1 Å². The van der Waals surface area contributed by atoms with Crippen molar-refractivity contribution in [1.29, 1.82) is 0 Å². The van der Waals surface area contributed by atoms with E-state index in [9.17, 15) is 9.59 Å². The maximum absolute atomic E-state index is 12.7. The highest BCUT2D eigenvalue weighted by molar-refractivity contribution is 8.26. The van der Waals surface area contributed by atoms with Crippen molar-refractivity contribution in [2.75, 3.05) is 18.5 Å². The third-order valence-electron chi connectivity index (χ3n) is 5.14. The number of nitrogens with zero attached hydrogens (tertiary/aromatic N) is 1. The molecule has 0 radical (unpaired) electrons. The van der Waals surface area contributed by atoms with Gasteiger partial charge in [0, 0.05) is 11.7 Å². The van der Waals surface area contributed by atoms with Crippen molar-refractivity contribution in [3.8, 4) is 11.5 Å². The van der Waals surface area contributed by atoms with E-state index in [-0.39, 0.29) is 24.5 Å². The minimum atomic E-state index is -0.257. The lowest BCUT2D eigenvalue weighted by Crippen LogP contribution is -2.34. The lowest BCUT2D eigenvalue weighted by Gasteiger charge is -2.18. The first-order valence-electron chi connectivity index (χ1n) is 10.7. The summed E-state index contributed by atoms with van der Waals surface area (Å²) < 4.78 is 12.0. The van der Waals surface area contributed by atoms with Gasteiger partial charge in [-0.15, -0.1) is 0 Å². The molecular weight excluding hydrogens is 456 g/mol. The smallest absolute Gasteiger partial charge is 0.266 e. The van der Waals surface area contributed by atoms with Crippen LogP contribution in [0.5, 0.6) is 11.5 Å². The molecule has 1 saturated heterocycles. The zero-order chi connectivity index (χ0) is 24.1. The molecule has 2 amide bonds. The first-order valence-corrected chi connectivity index (χ1v) is 12.0. The van der Waals surface area contributed by atoms with Crippen molar-refractivity contribution in [3.05, 3.63) is 58.0 Å². The van der Waals surface area contributed by atoms with Crippen molar-refractivity contribution in [1.82, 2.24) is 4.90 Å². The van der Waals surface area contributed by atoms with Crippen molar-refractivity contribution >= 4 is 51.9 Å². The molecule has 0 aliphatic carbocycles. The lowest BCUT2D eigenvalue weighted by atomic mass is 10.1. The summed E-state index contributed by atoms with van der Waals surface area (Å²) in [6.45, 7) is 9.99. The lowest BCUT2D eigenvalue weighted by molar-refractivity contribution is -0.123. The summed E-state index contributed by atoms with van der Waals surface area (Å²) in [4.78, 5) is 27.3. The molecule has 8 heteroatoms. The van der Waals surface area contributed by atoms with Gasteiger partial charge >= 0.3 is 0 Å². The molecule has 2 aromatic carbocycles. The standard InChI is InChI=1S/C25H28N2O4S2/c1-6-30-21-12-18(13-22-24(29)27(15(2)3)25(32)33-22)10-11-20(21)31-14-23(28)26-19-9-7-8-16(4)17(19)5/h7-13,15H,6,14H2,1-5H3,(H,26,28)/b22-13-. The second-order valence-electron chi connectivity index (χ2n) is 7.87. The Morgan fingerprint density at radius 1 is 1.18 bits per heavy atom. The number of hydrogen-bond donors (Lipinski definition) is 1. The summed E-state index contributed by atoms with van der Waals surface area (Å²) in [6, 6.07) is 11.1. The molecule has 33 heavy (non-hydrogen) atoms. The van der Waals surface area contributed by atoms with E-state index in [0.717, 1.165) is 22.4 Å². The highest BCUT2D eigenvalue weighted by atomic mass is 32.2. The fourth-order valence-corrected chi connectivity index (χ4v) is 4.82. The van der Waals surface area contributed by atoms with Crippen LogP contribution in [0.2, 0.25) is 0 Å². The number of hydrogen-bond acceptors (Lipinski definition) is 6. The molecular formula is C25H28N2O4S2. The van der Waals surface area contributed by atoms with Gasteiger partial charge in [-0.25, -0.2) is 0 Å². The number of carbonyl (C=O) groups excluding carboxylic acids is 2. The van der Waals surface area contributed by atoms with Crippen LogP contribution in [0, 0.1) is 13.8 Å².